The Balaban J connectivity index is 2.84. The molecule has 0 fully saturated rings. The van der Waals surface area contributed by atoms with Crippen LogP contribution in [0.25, 0.3) is 0 Å². The second kappa shape index (κ2) is 5.90. The normalized spacial score (nSPS) is 13.2. The summed E-state index contributed by atoms with van der Waals surface area (Å²) in [6.45, 7) is 9.10. The number of hydrogen-bond acceptors (Lipinski definition) is 2. The lowest BCUT2D eigenvalue weighted by Gasteiger charge is -2.23. The molecule has 0 radical (unpaired) electrons. The van der Waals surface area contributed by atoms with Gasteiger partial charge in [-0.2, -0.15) is 5.90 Å². The molecule has 1 rings (SSSR count). The molecule has 0 aromatic heterocycles. The van der Waals surface area contributed by atoms with Crippen LogP contribution in [0.5, 0.6) is 5.75 Å². The summed E-state index contributed by atoms with van der Waals surface area (Å²) < 4.78 is 0. The van der Waals surface area contributed by atoms with Gasteiger partial charge in [-0.05, 0) is 41.9 Å². The van der Waals surface area contributed by atoms with Crippen LogP contribution in [0, 0.1) is 11.8 Å². The zero-order valence-corrected chi connectivity index (χ0v) is 10.7. The lowest BCUT2D eigenvalue weighted by atomic mass is 9.82. The summed E-state index contributed by atoms with van der Waals surface area (Å²) in [4.78, 5) is 4.69. The standard InChI is InChI=1S/C14H23NO/c1-10(2)9-14(11(3)4)12-5-7-13(16-15)8-6-12/h5-8,10-11,14H,9,15H2,1-4H3. The van der Waals surface area contributed by atoms with E-state index in [0.717, 1.165) is 11.7 Å². The highest BCUT2D eigenvalue weighted by Gasteiger charge is 2.17. The number of benzene rings is 1. The molecule has 0 aliphatic rings. The van der Waals surface area contributed by atoms with Gasteiger partial charge < -0.3 is 4.84 Å². The van der Waals surface area contributed by atoms with E-state index in [2.05, 4.69) is 39.8 Å². The van der Waals surface area contributed by atoms with E-state index in [1.807, 2.05) is 12.1 Å². The first-order valence-corrected chi connectivity index (χ1v) is 6.01. The van der Waals surface area contributed by atoms with E-state index in [1.165, 1.54) is 12.0 Å². The first kappa shape index (κ1) is 13.0. The van der Waals surface area contributed by atoms with Gasteiger partial charge in [-0.25, -0.2) is 0 Å². The van der Waals surface area contributed by atoms with Crippen LogP contribution in [0.4, 0.5) is 0 Å². The molecule has 1 atom stereocenters. The van der Waals surface area contributed by atoms with Crippen LogP contribution in [0.15, 0.2) is 24.3 Å². The average molecular weight is 221 g/mol. The first-order valence-electron chi connectivity index (χ1n) is 6.01. The third-order valence-electron chi connectivity index (χ3n) is 2.97. The maximum absolute atomic E-state index is 5.12. The van der Waals surface area contributed by atoms with Gasteiger partial charge >= 0.3 is 0 Å². The van der Waals surface area contributed by atoms with Crippen molar-refractivity contribution in [3.05, 3.63) is 29.8 Å². The van der Waals surface area contributed by atoms with Crippen LogP contribution in [-0.2, 0) is 0 Å². The van der Waals surface area contributed by atoms with Crippen molar-refractivity contribution < 1.29 is 4.84 Å². The van der Waals surface area contributed by atoms with Gasteiger partial charge in [0.05, 0.1) is 0 Å². The summed E-state index contributed by atoms with van der Waals surface area (Å²) in [6, 6.07) is 8.11. The monoisotopic (exact) mass is 221 g/mol. The minimum absolute atomic E-state index is 0.617. The van der Waals surface area contributed by atoms with Gasteiger partial charge in [-0.15, -0.1) is 0 Å². The van der Waals surface area contributed by atoms with Gasteiger partial charge in [0.2, 0.25) is 0 Å². The third kappa shape index (κ3) is 3.53. The Morgan fingerprint density at radius 2 is 1.62 bits per heavy atom. The average Bonchev–Trinajstić information content (AvgIpc) is 2.25. The molecule has 0 saturated carbocycles. The van der Waals surface area contributed by atoms with E-state index >= 15 is 0 Å². The molecular formula is C14H23NO. The smallest absolute Gasteiger partial charge is 0.146 e. The predicted octanol–water partition coefficient (Wildman–Crippen LogP) is 3.72. The zero-order valence-electron chi connectivity index (χ0n) is 10.7. The largest absolute Gasteiger partial charge is 0.412 e. The molecule has 1 unspecified atom stereocenters. The topological polar surface area (TPSA) is 35.2 Å². The van der Waals surface area contributed by atoms with Crippen LogP contribution < -0.4 is 10.7 Å². The number of nitrogens with two attached hydrogens (primary N) is 1. The Kier molecular flexibility index (Phi) is 4.81. The maximum atomic E-state index is 5.12. The van der Waals surface area contributed by atoms with E-state index < -0.39 is 0 Å². The molecule has 90 valence electrons. The van der Waals surface area contributed by atoms with Crippen molar-refractivity contribution in [3.8, 4) is 5.75 Å². The summed E-state index contributed by atoms with van der Waals surface area (Å²) >= 11 is 0. The molecule has 1 aromatic carbocycles. The molecule has 2 N–H and O–H groups in total. The highest BCUT2D eigenvalue weighted by Crippen LogP contribution is 2.31. The number of rotatable bonds is 5. The van der Waals surface area contributed by atoms with E-state index in [9.17, 15) is 0 Å². The Bertz CT molecular complexity index is 303. The molecular weight excluding hydrogens is 198 g/mol. The van der Waals surface area contributed by atoms with E-state index in [1.54, 1.807) is 0 Å². The van der Waals surface area contributed by atoms with Crippen molar-refractivity contribution in [2.45, 2.75) is 40.0 Å². The maximum Gasteiger partial charge on any atom is 0.146 e. The highest BCUT2D eigenvalue weighted by molar-refractivity contribution is 5.29. The quantitative estimate of drug-likeness (QED) is 0.769. The van der Waals surface area contributed by atoms with E-state index in [0.29, 0.717) is 11.8 Å². The minimum Gasteiger partial charge on any atom is -0.412 e. The molecule has 0 bridgehead atoms. The van der Waals surface area contributed by atoms with Gasteiger partial charge in [0.15, 0.2) is 0 Å². The van der Waals surface area contributed by atoms with Crippen molar-refractivity contribution >= 4 is 0 Å². The van der Waals surface area contributed by atoms with Gasteiger partial charge in [0.1, 0.15) is 5.75 Å². The van der Waals surface area contributed by atoms with Gasteiger partial charge in [-0.3, -0.25) is 0 Å². The molecule has 0 spiro atoms. The van der Waals surface area contributed by atoms with Crippen molar-refractivity contribution in [2.24, 2.45) is 17.7 Å². The van der Waals surface area contributed by atoms with Gasteiger partial charge in [0.25, 0.3) is 0 Å². The number of hydrogen-bond donors (Lipinski definition) is 1. The van der Waals surface area contributed by atoms with Crippen molar-refractivity contribution in [1.82, 2.24) is 0 Å². The SMILES string of the molecule is CC(C)CC(c1ccc(ON)cc1)C(C)C. The summed E-state index contributed by atoms with van der Waals surface area (Å²) in [5, 5.41) is 0. The summed E-state index contributed by atoms with van der Waals surface area (Å²) in [5.74, 6) is 7.83. The van der Waals surface area contributed by atoms with Gasteiger partial charge in [-0.1, -0.05) is 39.8 Å². The molecule has 0 aliphatic heterocycles. The first-order chi connectivity index (χ1) is 7.54. The van der Waals surface area contributed by atoms with E-state index in [-0.39, 0.29) is 0 Å². The fourth-order valence-electron chi connectivity index (χ4n) is 2.09. The molecule has 2 nitrogen and oxygen atoms in total. The van der Waals surface area contributed by atoms with Crippen LogP contribution in [-0.4, -0.2) is 0 Å². The molecule has 1 aromatic rings. The molecule has 0 amide bonds. The third-order valence-corrected chi connectivity index (χ3v) is 2.97. The molecule has 16 heavy (non-hydrogen) atoms. The molecule has 0 heterocycles. The van der Waals surface area contributed by atoms with Crippen LogP contribution in [0.3, 0.4) is 0 Å². The molecule has 0 aliphatic carbocycles. The fraction of sp³-hybridized carbons (Fsp3) is 0.571. The summed E-state index contributed by atoms with van der Waals surface area (Å²) in [7, 11) is 0. The van der Waals surface area contributed by atoms with Crippen LogP contribution in [0.1, 0.15) is 45.6 Å². The predicted molar refractivity (Wildman–Crippen MR) is 68.3 cm³/mol. The Labute approximate surface area is 98.8 Å². The second-order valence-electron chi connectivity index (χ2n) is 5.17. The van der Waals surface area contributed by atoms with Crippen LogP contribution in [0.2, 0.25) is 0 Å². The fourth-order valence-corrected chi connectivity index (χ4v) is 2.09. The summed E-state index contributed by atoms with van der Waals surface area (Å²) in [6.07, 6.45) is 1.22. The molecule has 0 saturated heterocycles. The molecule has 2 heteroatoms. The van der Waals surface area contributed by atoms with Gasteiger partial charge in [0, 0.05) is 0 Å². The second-order valence-corrected chi connectivity index (χ2v) is 5.17. The summed E-state index contributed by atoms with van der Waals surface area (Å²) in [5.41, 5.74) is 1.38. The Morgan fingerprint density at radius 3 is 2.00 bits per heavy atom. The van der Waals surface area contributed by atoms with E-state index in [4.69, 9.17) is 10.7 Å². The van der Waals surface area contributed by atoms with Crippen molar-refractivity contribution in [1.29, 1.82) is 0 Å². The van der Waals surface area contributed by atoms with Crippen molar-refractivity contribution in [2.75, 3.05) is 0 Å². The lowest BCUT2D eigenvalue weighted by Crippen LogP contribution is -2.10. The van der Waals surface area contributed by atoms with Crippen molar-refractivity contribution in [3.63, 3.8) is 0 Å². The highest BCUT2D eigenvalue weighted by atomic mass is 16.6. The Morgan fingerprint density at radius 1 is 1.06 bits per heavy atom. The zero-order chi connectivity index (χ0) is 12.1. The Hall–Kier alpha value is -1.02. The lowest BCUT2D eigenvalue weighted by molar-refractivity contribution is 0.334. The minimum atomic E-state index is 0.617. The van der Waals surface area contributed by atoms with Crippen LogP contribution >= 0.6 is 0 Å².